The molecule has 1 atom stereocenters. The van der Waals surface area contributed by atoms with Crippen molar-refractivity contribution in [2.45, 2.75) is 19.4 Å². The number of thiazole rings is 1. The summed E-state index contributed by atoms with van der Waals surface area (Å²) in [6.45, 7) is 1.74. The number of nitrogens with zero attached hydrogens (tertiary/aromatic N) is 1. The fourth-order valence-corrected chi connectivity index (χ4v) is 5.21. The molecule has 0 radical (unpaired) electrons. The van der Waals surface area contributed by atoms with Crippen LogP contribution >= 0.6 is 11.3 Å². The van der Waals surface area contributed by atoms with Crippen molar-refractivity contribution in [3.8, 4) is 10.6 Å². The monoisotopic (exact) mass is 509 g/mol. The molecule has 5 rings (SSSR count). The number of nitrogens with two attached hydrogens (primary N) is 1. The highest BCUT2D eigenvalue weighted by atomic mass is 32.1. The van der Waals surface area contributed by atoms with E-state index in [1.54, 1.807) is 48.6 Å². The molecule has 1 aromatic heterocycles. The standard InChI is InChI=1S/C29H23N3O4S/c1-2-23(27(34)31-21-14-4-3-11-18(21)26(30)33)36-29(35)20-13-8-10-17-9-7-12-19(25(17)20)28-32-22-15-5-6-16-24(22)37-28/h3-16,23H,2H2,1H3,(H2,30,33)(H,31,34). The number of carbonyl (C=O) groups excluding carboxylic acids is 3. The molecule has 1 unspecified atom stereocenters. The lowest BCUT2D eigenvalue weighted by molar-refractivity contribution is -0.124. The van der Waals surface area contributed by atoms with Crippen LogP contribution in [0.2, 0.25) is 0 Å². The maximum atomic E-state index is 13.4. The van der Waals surface area contributed by atoms with Gasteiger partial charge >= 0.3 is 5.97 Å². The minimum absolute atomic E-state index is 0.173. The van der Waals surface area contributed by atoms with Crippen molar-refractivity contribution in [3.63, 3.8) is 0 Å². The van der Waals surface area contributed by atoms with Gasteiger partial charge in [-0.15, -0.1) is 11.3 Å². The van der Waals surface area contributed by atoms with Crippen molar-refractivity contribution in [1.82, 2.24) is 4.98 Å². The zero-order valence-corrected chi connectivity index (χ0v) is 20.7. The quantitative estimate of drug-likeness (QED) is 0.270. The molecule has 0 saturated heterocycles. The summed E-state index contributed by atoms with van der Waals surface area (Å²) in [5.41, 5.74) is 7.90. The Hall–Kier alpha value is -4.56. The maximum absolute atomic E-state index is 13.4. The van der Waals surface area contributed by atoms with E-state index in [4.69, 9.17) is 15.5 Å². The van der Waals surface area contributed by atoms with Crippen LogP contribution in [0.1, 0.15) is 34.1 Å². The van der Waals surface area contributed by atoms with Crippen molar-refractivity contribution in [2.75, 3.05) is 5.32 Å². The molecule has 0 fully saturated rings. The molecule has 0 aliphatic heterocycles. The first-order valence-corrected chi connectivity index (χ1v) is 12.6. The van der Waals surface area contributed by atoms with Crippen molar-refractivity contribution >= 4 is 55.8 Å². The zero-order valence-electron chi connectivity index (χ0n) is 19.9. The molecular weight excluding hydrogens is 486 g/mol. The van der Waals surface area contributed by atoms with E-state index in [-0.39, 0.29) is 17.7 Å². The van der Waals surface area contributed by atoms with Gasteiger partial charge < -0.3 is 15.8 Å². The number of aromatic nitrogens is 1. The average Bonchev–Trinajstić information content (AvgIpc) is 3.35. The van der Waals surface area contributed by atoms with Gasteiger partial charge in [-0.1, -0.05) is 61.5 Å². The van der Waals surface area contributed by atoms with Gasteiger partial charge in [0, 0.05) is 10.9 Å². The molecule has 0 spiro atoms. The first kappa shape index (κ1) is 24.1. The van der Waals surface area contributed by atoms with Crippen LogP contribution in [0, 0.1) is 0 Å². The Balaban J connectivity index is 1.47. The molecule has 1 heterocycles. The van der Waals surface area contributed by atoms with E-state index in [1.807, 2.05) is 48.5 Å². The number of esters is 1. The molecule has 4 aromatic carbocycles. The maximum Gasteiger partial charge on any atom is 0.339 e. The summed E-state index contributed by atoms with van der Waals surface area (Å²) in [5, 5.41) is 5.03. The SMILES string of the molecule is CCC(OC(=O)c1cccc2cccc(-c3nc4ccccc4s3)c12)C(=O)Nc1ccccc1C(N)=O. The Kier molecular flexibility index (Phi) is 6.66. The van der Waals surface area contributed by atoms with Crippen LogP contribution in [-0.2, 0) is 9.53 Å². The second-order valence-electron chi connectivity index (χ2n) is 8.40. The van der Waals surface area contributed by atoms with Crippen molar-refractivity contribution < 1.29 is 19.1 Å². The number of nitrogens with one attached hydrogen (secondary N) is 1. The van der Waals surface area contributed by atoms with Crippen LogP contribution in [0.15, 0.2) is 84.9 Å². The molecule has 2 amide bonds. The third-order valence-corrected chi connectivity index (χ3v) is 7.08. The van der Waals surface area contributed by atoms with E-state index >= 15 is 0 Å². The lowest BCUT2D eigenvalue weighted by Gasteiger charge is -2.18. The molecule has 0 saturated carbocycles. The normalized spacial score (nSPS) is 11.8. The molecule has 5 aromatic rings. The van der Waals surface area contributed by atoms with E-state index in [0.29, 0.717) is 10.9 Å². The highest BCUT2D eigenvalue weighted by molar-refractivity contribution is 7.21. The average molecular weight is 510 g/mol. The predicted molar refractivity (Wildman–Crippen MR) is 146 cm³/mol. The summed E-state index contributed by atoms with van der Waals surface area (Å²) < 4.78 is 6.74. The Morgan fingerprint density at radius 2 is 1.62 bits per heavy atom. The first-order chi connectivity index (χ1) is 18.0. The summed E-state index contributed by atoms with van der Waals surface area (Å²) in [6.07, 6.45) is -0.829. The molecule has 0 aliphatic carbocycles. The summed E-state index contributed by atoms with van der Waals surface area (Å²) in [4.78, 5) is 42.9. The molecule has 184 valence electrons. The second-order valence-corrected chi connectivity index (χ2v) is 9.43. The molecule has 7 nitrogen and oxygen atoms in total. The number of fused-ring (bicyclic) bond motifs is 2. The minimum Gasteiger partial charge on any atom is -0.449 e. The van der Waals surface area contributed by atoms with Gasteiger partial charge in [0.15, 0.2) is 6.10 Å². The number of hydrogen-bond acceptors (Lipinski definition) is 6. The molecule has 0 aliphatic rings. The largest absolute Gasteiger partial charge is 0.449 e. The van der Waals surface area contributed by atoms with Crippen LogP contribution < -0.4 is 11.1 Å². The van der Waals surface area contributed by atoms with Gasteiger partial charge in [0.05, 0.1) is 27.0 Å². The number of anilines is 1. The van der Waals surface area contributed by atoms with Crippen LogP contribution in [0.4, 0.5) is 5.69 Å². The second kappa shape index (κ2) is 10.2. The number of benzene rings is 4. The van der Waals surface area contributed by atoms with E-state index in [0.717, 1.165) is 26.2 Å². The fourth-order valence-electron chi connectivity index (χ4n) is 4.21. The van der Waals surface area contributed by atoms with E-state index < -0.39 is 23.9 Å². The zero-order chi connectivity index (χ0) is 25.9. The third kappa shape index (κ3) is 4.79. The van der Waals surface area contributed by atoms with Crippen LogP contribution in [0.3, 0.4) is 0 Å². The summed E-state index contributed by atoms with van der Waals surface area (Å²) >= 11 is 1.55. The molecular formula is C29H23N3O4S. The molecule has 8 heteroatoms. The van der Waals surface area contributed by atoms with Gasteiger partial charge in [-0.25, -0.2) is 9.78 Å². The topological polar surface area (TPSA) is 111 Å². The van der Waals surface area contributed by atoms with Crippen LogP contribution in [-0.4, -0.2) is 28.9 Å². The Morgan fingerprint density at radius 1 is 0.919 bits per heavy atom. The predicted octanol–water partition coefficient (Wildman–Crippen LogP) is 5.79. The van der Waals surface area contributed by atoms with E-state index in [2.05, 4.69) is 5.32 Å². The van der Waals surface area contributed by atoms with Crippen LogP contribution in [0.25, 0.3) is 31.6 Å². The van der Waals surface area contributed by atoms with E-state index in [1.165, 1.54) is 6.07 Å². The number of ether oxygens (including phenoxy) is 1. The van der Waals surface area contributed by atoms with E-state index in [9.17, 15) is 14.4 Å². The third-order valence-electron chi connectivity index (χ3n) is 6.01. The summed E-state index contributed by atoms with van der Waals surface area (Å²) in [7, 11) is 0. The van der Waals surface area contributed by atoms with Crippen molar-refractivity contribution in [1.29, 1.82) is 0 Å². The number of amides is 2. The number of rotatable bonds is 7. The summed E-state index contributed by atoms with van der Waals surface area (Å²) in [5.74, 6) is -1.83. The van der Waals surface area contributed by atoms with Crippen molar-refractivity contribution in [2.24, 2.45) is 5.73 Å². The Labute approximate surface area is 216 Å². The minimum atomic E-state index is -1.07. The Bertz CT molecular complexity index is 1620. The fraction of sp³-hybridized carbons (Fsp3) is 0.103. The van der Waals surface area contributed by atoms with Crippen LogP contribution in [0.5, 0.6) is 0 Å². The van der Waals surface area contributed by atoms with Gasteiger partial charge in [0.1, 0.15) is 5.01 Å². The lowest BCUT2D eigenvalue weighted by Crippen LogP contribution is -2.32. The number of para-hydroxylation sites is 2. The van der Waals surface area contributed by atoms with Gasteiger partial charge in [-0.3, -0.25) is 9.59 Å². The molecule has 3 N–H and O–H groups in total. The van der Waals surface area contributed by atoms with Gasteiger partial charge in [0.2, 0.25) is 0 Å². The Morgan fingerprint density at radius 3 is 2.38 bits per heavy atom. The highest BCUT2D eigenvalue weighted by Gasteiger charge is 2.25. The lowest BCUT2D eigenvalue weighted by atomic mass is 9.99. The molecule has 37 heavy (non-hydrogen) atoms. The van der Waals surface area contributed by atoms with Gasteiger partial charge in [-0.2, -0.15) is 0 Å². The van der Waals surface area contributed by atoms with Gasteiger partial charge in [0.25, 0.3) is 11.8 Å². The molecule has 0 bridgehead atoms. The number of primary amides is 1. The highest BCUT2D eigenvalue weighted by Crippen LogP contribution is 2.36. The number of hydrogen-bond donors (Lipinski definition) is 2. The smallest absolute Gasteiger partial charge is 0.339 e. The number of carbonyl (C=O) groups is 3. The summed E-state index contributed by atoms with van der Waals surface area (Å²) in [6, 6.07) is 25.5. The first-order valence-electron chi connectivity index (χ1n) is 11.7. The van der Waals surface area contributed by atoms with Gasteiger partial charge in [-0.05, 0) is 42.1 Å². The van der Waals surface area contributed by atoms with Crippen molar-refractivity contribution in [3.05, 3.63) is 96.1 Å².